The highest BCUT2D eigenvalue weighted by molar-refractivity contribution is 7.65. The van der Waals surface area contributed by atoms with Gasteiger partial charge in [0.2, 0.25) is 14.7 Å². The molecule has 0 radical (unpaired) electrons. The summed E-state index contributed by atoms with van der Waals surface area (Å²) in [5, 5.41) is 25.7. The van der Waals surface area contributed by atoms with Gasteiger partial charge in [-0.25, -0.2) is 0 Å². The van der Waals surface area contributed by atoms with Crippen molar-refractivity contribution in [2.24, 2.45) is 0 Å². The summed E-state index contributed by atoms with van der Waals surface area (Å²) in [6.07, 6.45) is 0.862. The minimum Gasteiger partial charge on any atom is -0.395 e. The monoisotopic (exact) mass is 939 g/mol. The number of hydrogen-bond acceptors (Lipinski definition) is 13. The van der Waals surface area contributed by atoms with Crippen molar-refractivity contribution in [3.05, 3.63) is 30.3 Å². The zero-order valence-electron chi connectivity index (χ0n) is 34.8. The van der Waals surface area contributed by atoms with E-state index in [1.165, 1.54) is 46.7 Å². The fourth-order valence-electron chi connectivity index (χ4n) is 1.72. The van der Waals surface area contributed by atoms with Crippen LogP contribution < -0.4 is 5.30 Å². The Morgan fingerprint density at radius 3 is 0.873 bits per heavy atom. The lowest BCUT2D eigenvalue weighted by Crippen LogP contribution is -2.30. The van der Waals surface area contributed by atoms with Crippen molar-refractivity contribution >= 4 is 62.8 Å². The predicted octanol–water partition coefficient (Wildman–Crippen LogP) is 4.19. The first-order chi connectivity index (χ1) is 24.2. The number of rotatable bonds is 10. The Labute approximate surface area is 329 Å². The van der Waals surface area contributed by atoms with Crippen LogP contribution in [0.5, 0.6) is 0 Å². The van der Waals surface area contributed by atoms with Gasteiger partial charge in [0, 0.05) is 84.0 Å². The largest absolute Gasteiger partial charge is 0.395 e. The standard InChI is InChI=1S/C7H18NO3P.C7H9O2P.2C3H9O2P.C2H7O3P.2C2H7O2P.C2H6.CO2/c1-12(2,11)7-8(3-5-9)4-6-10;1-10(8,9)7-5-3-2-4-6-7;2*1-3-6(2,4)5;1-6(4,5)2-3;2*1-5(2,3)4;1-2;2-1-3/h9-10H,3-7H2,1-2H3;2-6H,1H3,(H,8,9);2*3H2,1-2H3,(H,4,5);3H,2H2,1H3,(H,4,5);2*1-2H3,(H,3,4);1-2H3;. The van der Waals surface area contributed by atoms with Gasteiger partial charge in [-0.2, -0.15) is 9.59 Å². The van der Waals surface area contributed by atoms with E-state index < -0.39 is 57.7 Å². The summed E-state index contributed by atoms with van der Waals surface area (Å²) in [5.41, 5.74) is 0. The molecule has 4 atom stereocenters. The summed E-state index contributed by atoms with van der Waals surface area (Å²) in [6, 6.07) is 8.63. The number of hydrogen-bond donors (Lipinski definition) is 9. The summed E-state index contributed by atoms with van der Waals surface area (Å²) in [6.45, 7) is 22.2. The first-order valence-electron chi connectivity index (χ1n) is 16.1. The van der Waals surface area contributed by atoms with Crippen molar-refractivity contribution in [3.8, 4) is 0 Å². The molecule has 0 bridgehead atoms. The van der Waals surface area contributed by atoms with E-state index in [1.807, 2.05) is 19.9 Å². The lowest BCUT2D eigenvalue weighted by molar-refractivity contribution is -0.191. The average molecular weight is 940 g/mol. The van der Waals surface area contributed by atoms with E-state index in [0.717, 1.165) is 6.66 Å². The molecular formula is C29H72NO18P7. The predicted molar refractivity (Wildman–Crippen MR) is 227 cm³/mol. The minimum absolute atomic E-state index is 0.0417. The fraction of sp³-hybridized carbons (Fsp3) is 0.759. The third-order valence-electron chi connectivity index (χ3n) is 4.04. The molecule has 4 unspecified atom stereocenters. The number of carbonyl (C=O) groups excluding carboxylic acids is 2. The Bertz CT molecular complexity index is 1290. The molecule has 0 aromatic heterocycles. The van der Waals surface area contributed by atoms with Crippen molar-refractivity contribution in [2.75, 3.05) is 118 Å². The van der Waals surface area contributed by atoms with Gasteiger partial charge in [-0.1, -0.05) is 45.9 Å². The van der Waals surface area contributed by atoms with E-state index in [2.05, 4.69) is 0 Å². The lowest BCUT2D eigenvalue weighted by Gasteiger charge is -2.22. The molecule has 0 amide bonds. The van der Waals surface area contributed by atoms with E-state index in [1.54, 1.807) is 56.3 Å². The molecule has 0 saturated heterocycles. The molecule has 0 heterocycles. The summed E-state index contributed by atoms with van der Waals surface area (Å²) in [4.78, 5) is 68.1. The molecule has 1 aromatic carbocycles. The normalized spacial score (nSPS) is 14.5. The second-order valence-electron chi connectivity index (χ2n) is 12.1. The van der Waals surface area contributed by atoms with E-state index in [-0.39, 0.29) is 19.4 Å². The molecule has 336 valence electrons. The van der Waals surface area contributed by atoms with Crippen molar-refractivity contribution in [3.63, 3.8) is 0 Å². The molecule has 0 aliphatic rings. The number of nitrogens with zero attached hydrogens (tertiary/aromatic N) is 1. The summed E-state index contributed by atoms with van der Waals surface area (Å²) < 4.78 is 72.0. The average Bonchev–Trinajstić information content (AvgIpc) is 2.97. The van der Waals surface area contributed by atoms with Crippen LogP contribution in [0.25, 0.3) is 0 Å². The third kappa shape index (κ3) is 126. The molecule has 1 rings (SSSR count). The first kappa shape index (κ1) is 72.4. The maximum absolute atomic E-state index is 11.4. The van der Waals surface area contributed by atoms with Gasteiger partial charge >= 0.3 is 6.15 Å². The number of aliphatic hydroxyl groups is 3. The number of benzene rings is 1. The minimum atomic E-state index is -3.09. The molecule has 1 aromatic rings. The van der Waals surface area contributed by atoms with Crippen LogP contribution in [0.1, 0.15) is 27.7 Å². The molecule has 0 spiro atoms. The van der Waals surface area contributed by atoms with Gasteiger partial charge in [-0.3, -0.25) is 32.3 Å². The van der Waals surface area contributed by atoms with Crippen LogP contribution >= 0.6 is 51.4 Å². The topological polar surface area (TPSA) is 339 Å². The van der Waals surface area contributed by atoms with Crippen LogP contribution in [0.2, 0.25) is 0 Å². The van der Waals surface area contributed by atoms with E-state index >= 15 is 0 Å². The lowest BCUT2D eigenvalue weighted by atomic mass is 10.4. The van der Waals surface area contributed by atoms with Crippen LogP contribution in [-0.4, -0.2) is 174 Å². The second-order valence-corrected chi connectivity index (χ2v) is 30.8. The third-order valence-corrected chi connectivity index (χ3v) is 9.25. The summed E-state index contributed by atoms with van der Waals surface area (Å²) in [7, 11) is -18.8. The van der Waals surface area contributed by atoms with Crippen LogP contribution in [0.15, 0.2) is 30.3 Å². The molecule has 0 saturated carbocycles. The maximum Gasteiger partial charge on any atom is 0.373 e. The molecule has 55 heavy (non-hydrogen) atoms. The van der Waals surface area contributed by atoms with Gasteiger partial charge in [-0.15, -0.1) is 0 Å². The van der Waals surface area contributed by atoms with E-state index in [9.17, 15) is 32.0 Å². The highest BCUT2D eigenvalue weighted by Crippen LogP contribution is 2.36. The van der Waals surface area contributed by atoms with Crippen molar-refractivity contribution in [1.82, 2.24) is 4.90 Å². The second kappa shape index (κ2) is 39.3. The molecule has 26 heteroatoms. The first-order valence-corrected chi connectivity index (χ1v) is 32.9. The number of aliphatic hydroxyl groups excluding tert-OH is 3. The summed E-state index contributed by atoms with van der Waals surface area (Å²) >= 11 is 0. The molecule has 0 fully saturated rings. The Morgan fingerprint density at radius 1 is 0.545 bits per heavy atom. The maximum atomic E-state index is 11.4. The van der Waals surface area contributed by atoms with Crippen molar-refractivity contribution in [2.45, 2.75) is 27.7 Å². The smallest absolute Gasteiger partial charge is 0.373 e. The van der Waals surface area contributed by atoms with Gasteiger partial charge in [0.1, 0.15) is 6.35 Å². The van der Waals surface area contributed by atoms with Crippen LogP contribution in [-0.2, 0) is 41.5 Å². The molecule has 0 aliphatic carbocycles. The van der Waals surface area contributed by atoms with E-state index in [0.29, 0.717) is 37.0 Å². The SMILES string of the molecule is CC.CCP(C)(=O)O.CCP(C)(=O)O.CP(=O)(O)CO.CP(=O)(O)c1ccccc1.CP(C)(=O)CN(CCO)CCO.CP(C)(=O)O.CP(C)(=O)O.O=C=O. The molecule has 0 aliphatic heterocycles. The van der Waals surface area contributed by atoms with E-state index in [4.69, 9.17) is 54.3 Å². The Balaban J connectivity index is -0.0000000784. The highest BCUT2D eigenvalue weighted by Gasteiger charge is 2.13. The zero-order valence-corrected chi connectivity index (χ0v) is 41.1. The fourth-order valence-corrected chi connectivity index (χ4v) is 3.69. The Morgan fingerprint density at radius 2 is 0.764 bits per heavy atom. The van der Waals surface area contributed by atoms with Crippen molar-refractivity contribution in [1.29, 1.82) is 0 Å². The van der Waals surface area contributed by atoms with Crippen LogP contribution in [0.4, 0.5) is 0 Å². The van der Waals surface area contributed by atoms with Gasteiger partial charge in [0.05, 0.1) is 26.6 Å². The van der Waals surface area contributed by atoms with Crippen LogP contribution in [0, 0.1) is 0 Å². The Hall–Kier alpha value is -0.190. The van der Waals surface area contributed by atoms with Gasteiger partial charge in [0.15, 0.2) is 29.5 Å². The summed E-state index contributed by atoms with van der Waals surface area (Å²) in [5.74, 6) is 0. The molecule has 9 N–H and O–H groups in total. The molecule has 19 nitrogen and oxygen atoms in total. The highest BCUT2D eigenvalue weighted by atomic mass is 31.2. The quantitative estimate of drug-likeness (QED) is 0.148. The van der Waals surface area contributed by atoms with Gasteiger partial charge in [-0.05, 0) is 25.5 Å². The van der Waals surface area contributed by atoms with Gasteiger partial charge in [0.25, 0.3) is 0 Å². The molecular weight excluding hydrogens is 867 g/mol. The zero-order chi connectivity index (χ0) is 46.6. The van der Waals surface area contributed by atoms with Crippen LogP contribution in [0.3, 0.4) is 0 Å². The van der Waals surface area contributed by atoms with Gasteiger partial charge < -0.3 is 49.2 Å². The Kier molecular flexibility index (Phi) is 51.7. The van der Waals surface area contributed by atoms with Crippen molar-refractivity contribution < 1.29 is 86.2 Å².